The molecule has 1 aliphatic heterocycles. The van der Waals surface area contributed by atoms with E-state index in [-0.39, 0.29) is 17.3 Å². The predicted octanol–water partition coefficient (Wildman–Crippen LogP) is 3.41. The number of benzene rings is 2. The number of methoxy groups -OCH3 is 1. The minimum absolute atomic E-state index is 0.0267. The van der Waals surface area contributed by atoms with E-state index in [1.165, 1.54) is 19.3 Å². The van der Waals surface area contributed by atoms with Gasteiger partial charge in [0.25, 0.3) is 0 Å². The number of aliphatic hydroxyl groups excluding tert-OH is 1. The van der Waals surface area contributed by atoms with Crippen LogP contribution in [0.2, 0.25) is 0 Å². The molecule has 0 unspecified atom stereocenters. The van der Waals surface area contributed by atoms with Gasteiger partial charge in [-0.05, 0) is 42.0 Å². The number of carbonyl (C=O) groups excluding carboxylic acids is 1. The highest BCUT2D eigenvalue weighted by molar-refractivity contribution is 6.05. The molecular formula is C21H21NO5. The van der Waals surface area contributed by atoms with Gasteiger partial charge in [0.1, 0.15) is 18.1 Å². The summed E-state index contributed by atoms with van der Waals surface area (Å²) in [5.74, 6) is 0.532. The number of anilines is 1. The number of phenolic OH excluding ortho intramolecular Hbond substituents is 1. The molecule has 0 aromatic heterocycles. The van der Waals surface area contributed by atoms with Gasteiger partial charge in [-0.2, -0.15) is 0 Å². The maximum absolute atomic E-state index is 12.1. The van der Waals surface area contributed by atoms with Gasteiger partial charge in [0, 0.05) is 18.7 Å². The standard InChI is InChI=1S/C21H21NO5/c1-22-9-10-27-20-12-15(5-7-17(20)22)19(25)13-16(23)6-3-14-4-8-18(24)21(11-14)26-2/h3-8,11-13,24-25H,9-10H2,1-2H3/b6-3+,19-13-. The Morgan fingerprint density at radius 1 is 1.26 bits per heavy atom. The molecule has 2 aromatic carbocycles. The zero-order valence-electron chi connectivity index (χ0n) is 15.2. The number of fused-ring (bicyclic) bond motifs is 1. The maximum atomic E-state index is 12.1. The van der Waals surface area contributed by atoms with Crippen molar-refractivity contribution in [2.75, 3.05) is 32.2 Å². The molecule has 3 rings (SSSR count). The number of likely N-dealkylation sites (N-methyl/N-ethyl adjacent to an activating group) is 1. The summed E-state index contributed by atoms with van der Waals surface area (Å²) in [6.45, 7) is 1.38. The number of ketones is 1. The Labute approximate surface area is 157 Å². The number of hydrogen-bond donors (Lipinski definition) is 2. The summed E-state index contributed by atoms with van der Waals surface area (Å²) in [6.07, 6.45) is 4.08. The molecule has 0 saturated heterocycles. The van der Waals surface area contributed by atoms with Crippen LogP contribution in [-0.2, 0) is 4.79 Å². The van der Waals surface area contributed by atoms with Crippen molar-refractivity contribution in [3.8, 4) is 17.2 Å². The lowest BCUT2D eigenvalue weighted by Gasteiger charge is -2.27. The molecule has 0 bridgehead atoms. The Kier molecular flexibility index (Phi) is 5.35. The van der Waals surface area contributed by atoms with E-state index in [1.807, 2.05) is 13.1 Å². The summed E-state index contributed by atoms with van der Waals surface area (Å²) in [5, 5.41) is 19.8. The topological polar surface area (TPSA) is 79.2 Å². The van der Waals surface area contributed by atoms with Crippen molar-refractivity contribution in [3.05, 3.63) is 59.7 Å². The first-order valence-corrected chi connectivity index (χ1v) is 8.46. The van der Waals surface area contributed by atoms with Crippen LogP contribution >= 0.6 is 0 Å². The molecule has 1 heterocycles. The molecule has 2 N–H and O–H groups in total. The van der Waals surface area contributed by atoms with Gasteiger partial charge in [0.2, 0.25) is 0 Å². The number of carbonyl (C=O) groups is 1. The van der Waals surface area contributed by atoms with Gasteiger partial charge in [-0.25, -0.2) is 0 Å². The minimum atomic E-state index is -0.365. The summed E-state index contributed by atoms with van der Waals surface area (Å²) in [7, 11) is 3.43. The van der Waals surface area contributed by atoms with Crippen LogP contribution < -0.4 is 14.4 Å². The zero-order valence-corrected chi connectivity index (χ0v) is 15.2. The molecule has 140 valence electrons. The number of rotatable bonds is 5. The first-order chi connectivity index (χ1) is 13.0. The van der Waals surface area contributed by atoms with Crippen LogP contribution in [0, 0.1) is 0 Å². The van der Waals surface area contributed by atoms with Crippen molar-refractivity contribution >= 4 is 23.3 Å². The number of aliphatic hydroxyl groups is 1. The summed E-state index contributed by atoms with van der Waals surface area (Å²) in [4.78, 5) is 14.2. The SMILES string of the molecule is COc1cc(/C=C/C(=O)/C=C(\O)c2ccc3c(c2)OCCN3C)ccc1O. The van der Waals surface area contributed by atoms with Crippen LogP contribution in [0.5, 0.6) is 17.2 Å². The molecule has 0 amide bonds. The molecule has 2 aromatic rings. The molecule has 0 aliphatic carbocycles. The van der Waals surface area contributed by atoms with E-state index < -0.39 is 0 Å². The second kappa shape index (κ2) is 7.86. The molecule has 0 radical (unpaired) electrons. The van der Waals surface area contributed by atoms with E-state index in [0.29, 0.717) is 29.2 Å². The van der Waals surface area contributed by atoms with Crippen molar-refractivity contribution in [1.29, 1.82) is 0 Å². The van der Waals surface area contributed by atoms with Crippen molar-refractivity contribution < 1.29 is 24.5 Å². The lowest BCUT2D eigenvalue weighted by molar-refractivity contribution is -0.110. The first kappa shape index (κ1) is 18.4. The Morgan fingerprint density at radius 2 is 2.07 bits per heavy atom. The van der Waals surface area contributed by atoms with E-state index in [1.54, 1.807) is 30.3 Å². The second-order valence-corrected chi connectivity index (χ2v) is 6.15. The summed E-state index contributed by atoms with van der Waals surface area (Å²) >= 11 is 0. The Hall–Kier alpha value is -3.41. The third kappa shape index (κ3) is 4.23. The van der Waals surface area contributed by atoms with Gasteiger partial charge < -0.3 is 24.6 Å². The van der Waals surface area contributed by atoms with Crippen LogP contribution in [0.4, 0.5) is 5.69 Å². The molecule has 1 aliphatic rings. The molecule has 0 saturated carbocycles. The van der Waals surface area contributed by atoms with Gasteiger partial charge in [0.15, 0.2) is 17.3 Å². The van der Waals surface area contributed by atoms with Gasteiger partial charge in [-0.15, -0.1) is 0 Å². The fraction of sp³-hybridized carbons (Fsp3) is 0.190. The van der Waals surface area contributed by atoms with E-state index in [4.69, 9.17) is 9.47 Å². The quantitative estimate of drug-likeness (QED) is 0.623. The third-order valence-electron chi connectivity index (χ3n) is 4.27. The predicted molar refractivity (Wildman–Crippen MR) is 105 cm³/mol. The number of hydrogen-bond acceptors (Lipinski definition) is 6. The molecule has 0 spiro atoms. The normalized spacial score (nSPS) is 14.0. The molecule has 27 heavy (non-hydrogen) atoms. The smallest absolute Gasteiger partial charge is 0.182 e. The van der Waals surface area contributed by atoms with Crippen LogP contribution in [0.15, 0.2) is 48.6 Å². The molecule has 0 atom stereocenters. The van der Waals surface area contributed by atoms with Crippen molar-refractivity contribution in [1.82, 2.24) is 0 Å². The molecule has 6 nitrogen and oxygen atoms in total. The molecule has 6 heteroatoms. The monoisotopic (exact) mass is 367 g/mol. The Balaban J connectivity index is 1.75. The van der Waals surface area contributed by atoms with Crippen LogP contribution in [0.1, 0.15) is 11.1 Å². The van der Waals surface area contributed by atoms with Crippen LogP contribution in [-0.4, -0.2) is 43.3 Å². The van der Waals surface area contributed by atoms with Gasteiger partial charge in [-0.3, -0.25) is 4.79 Å². The third-order valence-corrected chi connectivity index (χ3v) is 4.27. The summed E-state index contributed by atoms with van der Waals surface area (Å²) in [5.41, 5.74) is 2.15. The minimum Gasteiger partial charge on any atom is -0.507 e. The zero-order chi connectivity index (χ0) is 19.4. The first-order valence-electron chi connectivity index (χ1n) is 8.46. The number of phenols is 1. The highest BCUT2D eigenvalue weighted by Crippen LogP contribution is 2.33. The average molecular weight is 367 g/mol. The lowest BCUT2D eigenvalue weighted by atomic mass is 10.1. The van der Waals surface area contributed by atoms with Crippen molar-refractivity contribution in [2.24, 2.45) is 0 Å². The fourth-order valence-corrected chi connectivity index (χ4v) is 2.76. The van der Waals surface area contributed by atoms with Gasteiger partial charge in [-0.1, -0.05) is 12.1 Å². The van der Waals surface area contributed by atoms with Gasteiger partial charge in [0.05, 0.1) is 19.3 Å². The number of allylic oxidation sites excluding steroid dienone is 2. The van der Waals surface area contributed by atoms with Crippen molar-refractivity contribution in [2.45, 2.75) is 0 Å². The van der Waals surface area contributed by atoms with Crippen molar-refractivity contribution in [3.63, 3.8) is 0 Å². The number of ether oxygens (including phenoxy) is 2. The highest BCUT2D eigenvalue weighted by Gasteiger charge is 2.16. The fourth-order valence-electron chi connectivity index (χ4n) is 2.76. The van der Waals surface area contributed by atoms with Crippen LogP contribution in [0.25, 0.3) is 11.8 Å². The largest absolute Gasteiger partial charge is 0.507 e. The van der Waals surface area contributed by atoms with E-state index >= 15 is 0 Å². The Morgan fingerprint density at radius 3 is 2.85 bits per heavy atom. The second-order valence-electron chi connectivity index (χ2n) is 6.15. The summed E-state index contributed by atoms with van der Waals surface area (Å²) < 4.78 is 10.6. The molecular weight excluding hydrogens is 346 g/mol. The average Bonchev–Trinajstić information content (AvgIpc) is 2.67. The molecule has 0 fully saturated rings. The lowest BCUT2D eigenvalue weighted by Crippen LogP contribution is -2.28. The van der Waals surface area contributed by atoms with E-state index in [0.717, 1.165) is 18.3 Å². The van der Waals surface area contributed by atoms with Crippen LogP contribution in [0.3, 0.4) is 0 Å². The van der Waals surface area contributed by atoms with Gasteiger partial charge >= 0.3 is 0 Å². The van der Waals surface area contributed by atoms with E-state index in [2.05, 4.69) is 4.90 Å². The van der Waals surface area contributed by atoms with E-state index in [9.17, 15) is 15.0 Å². The summed E-state index contributed by atoms with van der Waals surface area (Å²) in [6, 6.07) is 10.1. The number of aromatic hydroxyl groups is 1. The number of nitrogens with zero attached hydrogens (tertiary/aromatic N) is 1. The Bertz CT molecular complexity index is 917. The highest BCUT2D eigenvalue weighted by atomic mass is 16.5. The maximum Gasteiger partial charge on any atom is 0.182 e.